The maximum Gasteiger partial charge on any atom is 0.197 e. The zero-order valence-corrected chi connectivity index (χ0v) is 14.2. The number of aliphatic imine (C=N–C) groups is 2. The molecule has 3 heterocycles. The SMILES string of the molecule is C[C@@]1(c2cc(-c3cccc(C#N)c3)cs2)CC2=NCCN2C(N)=N1. The normalized spacial score (nSPS) is 22.6. The number of fused-ring (bicyclic) bond motifs is 1. The van der Waals surface area contributed by atoms with Crippen LogP contribution in [0.3, 0.4) is 0 Å². The average Bonchev–Trinajstić information content (AvgIpc) is 3.24. The van der Waals surface area contributed by atoms with Crippen molar-refractivity contribution in [3.05, 3.63) is 46.2 Å². The van der Waals surface area contributed by atoms with Gasteiger partial charge >= 0.3 is 0 Å². The second-order valence-electron chi connectivity index (χ2n) is 6.26. The molecule has 2 aliphatic rings. The van der Waals surface area contributed by atoms with Gasteiger partial charge in [0.15, 0.2) is 5.96 Å². The first-order valence-corrected chi connectivity index (χ1v) is 8.73. The van der Waals surface area contributed by atoms with Gasteiger partial charge in [-0.3, -0.25) is 9.89 Å². The predicted octanol–water partition coefficient (Wildman–Crippen LogP) is 2.93. The summed E-state index contributed by atoms with van der Waals surface area (Å²) in [6.07, 6.45) is 0.770. The van der Waals surface area contributed by atoms with Crippen molar-refractivity contribution >= 4 is 23.1 Å². The number of guanidine groups is 1. The molecular formula is C18H17N5S. The van der Waals surface area contributed by atoms with Crippen molar-refractivity contribution in [2.75, 3.05) is 13.1 Å². The van der Waals surface area contributed by atoms with E-state index in [0.29, 0.717) is 11.5 Å². The molecule has 1 aromatic carbocycles. The lowest BCUT2D eigenvalue weighted by Gasteiger charge is -2.34. The van der Waals surface area contributed by atoms with Crippen LogP contribution < -0.4 is 5.73 Å². The quantitative estimate of drug-likeness (QED) is 0.916. The number of amidine groups is 1. The van der Waals surface area contributed by atoms with E-state index in [1.165, 1.54) is 0 Å². The summed E-state index contributed by atoms with van der Waals surface area (Å²) < 4.78 is 0. The summed E-state index contributed by atoms with van der Waals surface area (Å²) in [5.74, 6) is 1.59. The maximum atomic E-state index is 9.08. The molecule has 0 saturated heterocycles. The molecular weight excluding hydrogens is 318 g/mol. The molecule has 0 unspecified atom stereocenters. The lowest BCUT2D eigenvalue weighted by atomic mass is 9.93. The predicted molar refractivity (Wildman–Crippen MR) is 97.1 cm³/mol. The zero-order valence-electron chi connectivity index (χ0n) is 13.4. The van der Waals surface area contributed by atoms with Crippen LogP contribution in [0.1, 0.15) is 23.8 Å². The monoisotopic (exact) mass is 335 g/mol. The summed E-state index contributed by atoms with van der Waals surface area (Å²) >= 11 is 1.68. The highest BCUT2D eigenvalue weighted by Crippen LogP contribution is 2.40. The van der Waals surface area contributed by atoms with Gasteiger partial charge in [-0.25, -0.2) is 4.99 Å². The molecule has 0 bridgehead atoms. The van der Waals surface area contributed by atoms with Gasteiger partial charge in [-0.1, -0.05) is 12.1 Å². The van der Waals surface area contributed by atoms with Crippen LogP contribution in [0.2, 0.25) is 0 Å². The minimum Gasteiger partial charge on any atom is -0.369 e. The van der Waals surface area contributed by atoms with Crippen LogP contribution in [0.25, 0.3) is 11.1 Å². The molecule has 0 spiro atoms. The van der Waals surface area contributed by atoms with E-state index in [1.54, 1.807) is 11.3 Å². The third-order valence-electron chi connectivity index (χ3n) is 4.52. The molecule has 2 aliphatic heterocycles. The topological polar surface area (TPSA) is 77.8 Å². The number of benzene rings is 1. The van der Waals surface area contributed by atoms with Crippen molar-refractivity contribution in [2.45, 2.75) is 18.9 Å². The molecule has 0 aliphatic carbocycles. The van der Waals surface area contributed by atoms with Gasteiger partial charge in [0.2, 0.25) is 0 Å². The molecule has 5 nitrogen and oxygen atoms in total. The Balaban J connectivity index is 1.71. The minimum atomic E-state index is -0.375. The molecule has 2 N–H and O–H groups in total. The average molecular weight is 335 g/mol. The first-order valence-electron chi connectivity index (χ1n) is 7.85. The molecule has 0 amide bonds. The van der Waals surface area contributed by atoms with E-state index in [2.05, 4.69) is 29.4 Å². The summed E-state index contributed by atoms with van der Waals surface area (Å²) in [4.78, 5) is 12.5. The highest BCUT2D eigenvalue weighted by atomic mass is 32.1. The van der Waals surface area contributed by atoms with E-state index >= 15 is 0 Å². The Bertz CT molecular complexity index is 904. The maximum absolute atomic E-state index is 9.08. The number of nitrogens with two attached hydrogens (primary N) is 1. The van der Waals surface area contributed by atoms with Crippen LogP contribution in [0.5, 0.6) is 0 Å². The van der Waals surface area contributed by atoms with Gasteiger partial charge in [0.1, 0.15) is 11.4 Å². The van der Waals surface area contributed by atoms with Crippen LogP contribution in [-0.4, -0.2) is 29.8 Å². The van der Waals surface area contributed by atoms with Crippen LogP contribution in [-0.2, 0) is 5.54 Å². The summed E-state index contributed by atoms with van der Waals surface area (Å²) in [6.45, 7) is 3.73. The molecule has 24 heavy (non-hydrogen) atoms. The lowest BCUT2D eigenvalue weighted by molar-refractivity contribution is 0.468. The van der Waals surface area contributed by atoms with Crippen molar-refractivity contribution in [1.29, 1.82) is 5.26 Å². The summed E-state index contributed by atoms with van der Waals surface area (Å²) in [5, 5.41) is 11.2. The fraction of sp³-hybridized carbons (Fsp3) is 0.278. The third kappa shape index (κ3) is 2.38. The van der Waals surface area contributed by atoms with E-state index in [4.69, 9.17) is 16.0 Å². The number of thiophene rings is 1. The van der Waals surface area contributed by atoms with E-state index in [-0.39, 0.29) is 5.54 Å². The van der Waals surface area contributed by atoms with Gasteiger partial charge in [0.25, 0.3) is 0 Å². The Hall–Kier alpha value is -2.65. The van der Waals surface area contributed by atoms with Crippen molar-refractivity contribution in [1.82, 2.24) is 4.90 Å². The van der Waals surface area contributed by atoms with Crippen LogP contribution in [0.4, 0.5) is 0 Å². The van der Waals surface area contributed by atoms with E-state index in [9.17, 15) is 0 Å². The third-order valence-corrected chi connectivity index (χ3v) is 5.71. The summed E-state index contributed by atoms with van der Waals surface area (Å²) in [6, 6.07) is 12.0. The lowest BCUT2D eigenvalue weighted by Crippen LogP contribution is -2.47. The van der Waals surface area contributed by atoms with Gasteiger partial charge < -0.3 is 5.73 Å². The number of rotatable bonds is 2. The number of hydrogen-bond donors (Lipinski definition) is 1. The van der Waals surface area contributed by atoms with E-state index in [0.717, 1.165) is 41.4 Å². The largest absolute Gasteiger partial charge is 0.369 e. The number of nitrogens with zero attached hydrogens (tertiary/aromatic N) is 4. The van der Waals surface area contributed by atoms with Gasteiger partial charge in [-0.15, -0.1) is 11.3 Å². The number of hydrogen-bond acceptors (Lipinski definition) is 6. The fourth-order valence-corrected chi connectivity index (χ4v) is 4.26. The van der Waals surface area contributed by atoms with Crippen molar-refractivity contribution in [3.63, 3.8) is 0 Å². The van der Waals surface area contributed by atoms with Crippen LogP contribution >= 0.6 is 11.3 Å². The second-order valence-corrected chi connectivity index (χ2v) is 7.17. The molecule has 6 heteroatoms. The highest BCUT2D eigenvalue weighted by Gasteiger charge is 2.38. The van der Waals surface area contributed by atoms with Gasteiger partial charge in [0, 0.05) is 17.8 Å². The molecule has 1 aromatic heterocycles. The van der Waals surface area contributed by atoms with Gasteiger partial charge in [-0.2, -0.15) is 5.26 Å². The molecule has 0 fully saturated rings. The summed E-state index contributed by atoms with van der Waals surface area (Å²) in [5.41, 5.74) is 8.60. The zero-order chi connectivity index (χ0) is 16.7. The molecule has 4 rings (SSSR count). The second kappa shape index (κ2) is 5.46. The molecule has 0 radical (unpaired) electrons. The van der Waals surface area contributed by atoms with Crippen molar-refractivity contribution in [3.8, 4) is 17.2 Å². The molecule has 1 atom stereocenters. The Morgan fingerprint density at radius 1 is 1.33 bits per heavy atom. The van der Waals surface area contributed by atoms with Crippen LogP contribution in [0.15, 0.2) is 45.7 Å². The van der Waals surface area contributed by atoms with Crippen LogP contribution in [0, 0.1) is 11.3 Å². The highest BCUT2D eigenvalue weighted by molar-refractivity contribution is 7.10. The van der Waals surface area contributed by atoms with Crippen molar-refractivity contribution in [2.24, 2.45) is 15.7 Å². The van der Waals surface area contributed by atoms with Crippen molar-refractivity contribution < 1.29 is 0 Å². The Morgan fingerprint density at radius 2 is 2.21 bits per heavy atom. The Morgan fingerprint density at radius 3 is 3.04 bits per heavy atom. The molecule has 2 aromatic rings. The van der Waals surface area contributed by atoms with E-state index < -0.39 is 0 Å². The number of nitriles is 1. The molecule has 0 saturated carbocycles. The summed E-state index contributed by atoms with van der Waals surface area (Å²) in [7, 11) is 0. The minimum absolute atomic E-state index is 0.375. The smallest absolute Gasteiger partial charge is 0.197 e. The Kier molecular flexibility index (Phi) is 3.39. The first kappa shape index (κ1) is 14.9. The Labute approximate surface area is 144 Å². The fourth-order valence-electron chi connectivity index (χ4n) is 3.23. The standard InChI is InChI=1S/C18H17N5S/c1-18(9-16-21-5-6-23(16)17(20)22-18)15-8-14(11-24-15)13-4-2-3-12(7-13)10-19/h2-4,7-8,11H,5-6,9H2,1H3,(H2,20,22)/t18-/m0/s1. The first-order chi connectivity index (χ1) is 11.6. The molecule has 120 valence electrons. The van der Waals surface area contributed by atoms with Gasteiger partial charge in [-0.05, 0) is 41.6 Å². The van der Waals surface area contributed by atoms with Gasteiger partial charge in [0.05, 0.1) is 18.2 Å². The van der Waals surface area contributed by atoms with E-state index in [1.807, 2.05) is 29.2 Å².